The Labute approximate surface area is 98.9 Å². The van der Waals surface area contributed by atoms with Crippen LogP contribution in [-0.2, 0) is 17.6 Å². The highest BCUT2D eigenvalue weighted by Crippen LogP contribution is 2.16. The van der Waals surface area contributed by atoms with Crippen molar-refractivity contribution < 1.29 is 4.79 Å². The minimum atomic E-state index is 0.631. The van der Waals surface area contributed by atoms with Crippen LogP contribution < -0.4 is 0 Å². The maximum absolute atomic E-state index is 10.3. The van der Waals surface area contributed by atoms with Crippen LogP contribution in [-0.4, -0.2) is 6.29 Å². The van der Waals surface area contributed by atoms with Crippen molar-refractivity contribution >= 4 is 6.29 Å². The zero-order valence-corrected chi connectivity index (χ0v) is 10.6. The molecule has 0 amide bonds. The minimum absolute atomic E-state index is 0.631. The summed E-state index contributed by atoms with van der Waals surface area (Å²) < 4.78 is 0. The molecule has 0 bridgehead atoms. The molecule has 0 fully saturated rings. The molecule has 0 heterocycles. The molecule has 0 saturated heterocycles. The van der Waals surface area contributed by atoms with Crippen molar-refractivity contribution in [3.8, 4) is 0 Å². The summed E-state index contributed by atoms with van der Waals surface area (Å²) >= 11 is 0. The molecule has 88 valence electrons. The van der Waals surface area contributed by atoms with Gasteiger partial charge in [0.2, 0.25) is 0 Å². The van der Waals surface area contributed by atoms with Gasteiger partial charge in [0, 0.05) is 6.42 Å². The summed E-state index contributed by atoms with van der Waals surface area (Å²) in [6, 6.07) is 6.65. The monoisotopic (exact) mass is 218 g/mol. The summed E-state index contributed by atoms with van der Waals surface area (Å²) in [4.78, 5) is 10.3. The summed E-state index contributed by atoms with van der Waals surface area (Å²) in [5.41, 5.74) is 4.05. The molecule has 0 saturated carbocycles. The van der Waals surface area contributed by atoms with Crippen LogP contribution in [0.1, 0.15) is 43.4 Å². The lowest BCUT2D eigenvalue weighted by molar-refractivity contribution is -0.107. The van der Waals surface area contributed by atoms with E-state index in [1.165, 1.54) is 23.1 Å². The Bertz CT molecular complexity index is 341. The Morgan fingerprint density at radius 3 is 2.69 bits per heavy atom. The van der Waals surface area contributed by atoms with Crippen molar-refractivity contribution in [2.45, 2.75) is 46.5 Å². The van der Waals surface area contributed by atoms with Crippen LogP contribution in [0.3, 0.4) is 0 Å². The van der Waals surface area contributed by atoms with Crippen molar-refractivity contribution in [1.82, 2.24) is 0 Å². The van der Waals surface area contributed by atoms with Gasteiger partial charge >= 0.3 is 0 Å². The van der Waals surface area contributed by atoms with Crippen molar-refractivity contribution in [2.75, 3.05) is 0 Å². The second kappa shape index (κ2) is 6.47. The molecule has 0 aliphatic heterocycles. The van der Waals surface area contributed by atoms with Crippen LogP contribution in [0.2, 0.25) is 0 Å². The highest BCUT2D eigenvalue weighted by molar-refractivity contribution is 5.50. The van der Waals surface area contributed by atoms with Crippen LogP contribution in [0.25, 0.3) is 0 Å². The summed E-state index contributed by atoms with van der Waals surface area (Å²) in [6.07, 6.45) is 4.88. The first kappa shape index (κ1) is 13.0. The first-order valence-corrected chi connectivity index (χ1v) is 6.19. The van der Waals surface area contributed by atoms with Crippen LogP contribution in [0.5, 0.6) is 0 Å². The predicted molar refractivity (Wildman–Crippen MR) is 68.7 cm³/mol. The first-order chi connectivity index (χ1) is 7.67. The van der Waals surface area contributed by atoms with Gasteiger partial charge in [0.15, 0.2) is 0 Å². The molecule has 1 aromatic carbocycles. The van der Waals surface area contributed by atoms with Gasteiger partial charge in [-0.3, -0.25) is 0 Å². The average Bonchev–Trinajstić information content (AvgIpc) is 2.28. The number of aldehydes is 1. The SMILES string of the molecule is CCC(C)Cc1ccc(CCC=O)c(C)c1. The normalized spacial score (nSPS) is 12.4. The number of carbonyl (C=O) groups is 1. The van der Waals surface area contributed by atoms with E-state index in [0.717, 1.165) is 25.0 Å². The van der Waals surface area contributed by atoms with E-state index >= 15 is 0 Å². The Balaban J connectivity index is 2.70. The van der Waals surface area contributed by atoms with E-state index < -0.39 is 0 Å². The molecule has 16 heavy (non-hydrogen) atoms. The second-order valence-electron chi connectivity index (χ2n) is 4.68. The largest absolute Gasteiger partial charge is 0.303 e. The van der Waals surface area contributed by atoms with Crippen LogP contribution in [0, 0.1) is 12.8 Å². The number of aryl methyl sites for hydroxylation is 2. The van der Waals surface area contributed by atoms with E-state index in [-0.39, 0.29) is 0 Å². The third kappa shape index (κ3) is 3.80. The van der Waals surface area contributed by atoms with Crippen LogP contribution in [0.4, 0.5) is 0 Å². The van der Waals surface area contributed by atoms with Gasteiger partial charge in [-0.05, 0) is 42.4 Å². The Kier molecular flexibility index (Phi) is 5.24. The fourth-order valence-corrected chi connectivity index (χ4v) is 1.93. The zero-order valence-electron chi connectivity index (χ0n) is 10.6. The second-order valence-corrected chi connectivity index (χ2v) is 4.68. The first-order valence-electron chi connectivity index (χ1n) is 6.19. The quantitative estimate of drug-likeness (QED) is 0.665. The summed E-state index contributed by atoms with van der Waals surface area (Å²) in [6.45, 7) is 6.66. The van der Waals surface area contributed by atoms with Gasteiger partial charge in [-0.15, -0.1) is 0 Å². The number of hydrogen-bond acceptors (Lipinski definition) is 1. The number of rotatable bonds is 6. The van der Waals surface area contributed by atoms with Crippen molar-refractivity contribution in [3.05, 3.63) is 34.9 Å². The van der Waals surface area contributed by atoms with E-state index in [9.17, 15) is 4.79 Å². The summed E-state index contributed by atoms with van der Waals surface area (Å²) in [7, 11) is 0. The number of hydrogen-bond donors (Lipinski definition) is 0. The number of carbonyl (C=O) groups excluding carboxylic acids is 1. The van der Waals surface area contributed by atoms with E-state index in [2.05, 4.69) is 39.0 Å². The van der Waals surface area contributed by atoms with Crippen LogP contribution in [0.15, 0.2) is 18.2 Å². The summed E-state index contributed by atoms with van der Waals surface area (Å²) in [5, 5.41) is 0. The van der Waals surface area contributed by atoms with Gasteiger partial charge < -0.3 is 4.79 Å². The molecule has 0 radical (unpaired) electrons. The smallest absolute Gasteiger partial charge is 0.120 e. The topological polar surface area (TPSA) is 17.1 Å². The van der Waals surface area contributed by atoms with E-state index in [1.54, 1.807) is 0 Å². The number of benzene rings is 1. The molecule has 1 unspecified atom stereocenters. The molecule has 0 aromatic heterocycles. The zero-order chi connectivity index (χ0) is 12.0. The maximum Gasteiger partial charge on any atom is 0.120 e. The fourth-order valence-electron chi connectivity index (χ4n) is 1.93. The van der Waals surface area contributed by atoms with Crippen LogP contribution >= 0.6 is 0 Å². The molecule has 1 aromatic rings. The molecule has 0 N–H and O–H groups in total. The Morgan fingerprint density at radius 1 is 1.38 bits per heavy atom. The molecule has 1 atom stereocenters. The molecular formula is C15H22O. The van der Waals surface area contributed by atoms with Gasteiger partial charge in [0.25, 0.3) is 0 Å². The highest BCUT2D eigenvalue weighted by Gasteiger charge is 2.03. The molecule has 0 spiro atoms. The lowest BCUT2D eigenvalue weighted by Crippen LogP contribution is -1.99. The molecule has 1 heteroatoms. The molecular weight excluding hydrogens is 196 g/mol. The van der Waals surface area contributed by atoms with Gasteiger partial charge in [-0.25, -0.2) is 0 Å². The fraction of sp³-hybridized carbons (Fsp3) is 0.533. The Morgan fingerprint density at radius 2 is 2.12 bits per heavy atom. The van der Waals surface area contributed by atoms with E-state index in [4.69, 9.17) is 0 Å². The molecule has 0 aliphatic carbocycles. The van der Waals surface area contributed by atoms with Crippen molar-refractivity contribution in [1.29, 1.82) is 0 Å². The van der Waals surface area contributed by atoms with E-state index in [0.29, 0.717) is 6.42 Å². The van der Waals surface area contributed by atoms with E-state index in [1.807, 2.05) is 0 Å². The minimum Gasteiger partial charge on any atom is -0.303 e. The van der Waals surface area contributed by atoms with Gasteiger partial charge in [0.05, 0.1) is 0 Å². The average molecular weight is 218 g/mol. The lowest BCUT2D eigenvalue weighted by atomic mass is 9.95. The molecule has 0 aliphatic rings. The maximum atomic E-state index is 10.3. The van der Waals surface area contributed by atoms with Gasteiger partial charge in [0.1, 0.15) is 6.29 Å². The molecule has 1 rings (SSSR count). The lowest BCUT2D eigenvalue weighted by Gasteiger charge is -2.11. The third-order valence-electron chi connectivity index (χ3n) is 3.22. The predicted octanol–water partition coefficient (Wildman–Crippen LogP) is 3.72. The molecule has 1 nitrogen and oxygen atoms in total. The van der Waals surface area contributed by atoms with Gasteiger partial charge in [-0.1, -0.05) is 38.5 Å². The third-order valence-corrected chi connectivity index (χ3v) is 3.22. The summed E-state index contributed by atoms with van der Waals surface area (Å²) in [5.74, 6) is 0.750. The standard InChI is InChI=1S/C15H22O/c1-4-12(2)10-14-7-8-15(6-5-9-16)13(3)11-14/h7-9,11-12H,4-6,10H2,1-3H3. The van der Waals surface area contributed by atoms with Crippen molar-refractivity contribution in [3.63, 3.8) is 0 Å². The van der Waals surface area contributed by atoms with Crippen molar-refractivity contribution in [2.24, 2.45) is 5.92 Å². The van der Waals surface area contributed by atoms with Gasteiger partial charge in [-0.2, -0.15) is 0 Å². The Hall–Kier alpha value is -1.11. The highest BCUT2D eigenvalue weighted by atomic mass is 16.1.